The number of hydrogen-bond donors (Lipinski definition) is 2. The Labute approximate surface area is 110 Å². The van der Waals surface area contributed by atoms with Gasteiger partial charge >= 0.3 is 0 Å². The van der Waals surface area contributed by atoms with Crippen molar-refractivity contribution in [2.75, 3.05) is 0 Å². The maximum atomic E-state index is 6.12. The molecule has 0 spiro atoms. The molecule has 3 aromatic heterocycles. The second-order valence-electron chi connectivity index (χ2n) is 5.46. The third kappa shape index (κ3) is 1.65. The van der Waals surface area contributed by atoms with E-state index in [-0.39, 0.29) is 0 Å². The second-order valence-corrected chi connectivity index (χ2v) is 5.46. The standard InChI is InChI=1S/C14H17N5/c15-9-2-1-3-10(6-9)19-8-18-12-7-17-14-11(13(12)19)4-5-16-14/h4-5,7-10H,1-3,6,15H2,(H,16,17)/t9-,10-/m0/s1. The Morgan fingerprint density at radius 1 is 1.32 bits per heavy atom. The molecule has 0 amide bonds. The first-order valence-corrected chi connectivity index (χ1v) is 6.87. The molecule has 2 atom stereocenters. The van der Waals surface area contributed by atoms with Crippen molar-refractivity contribution < 1.29 is 0 Å². The van der Waals surface area contributed by atoms with Crippen molar-refractivity contribution in [3.05, 3.63) is 24.8 Å². The van der Waals surface area contributed by atoms with Gasteiger partial charge in [-0.3, -0.25) is 0 Å². The molecule has 0 saturated heterocycles. The zero-order valence-corrected chi connectivity index (χ0v) is 10.7. The fraction of sp³-hybridized carbons (Fsp3) is 0.429. The number of imidazole rings is 1. The van der Waals surface area contributed by atoms with E-state index >= 15 is 0 Å². The van der Waals surface area contributed by atoms with Crippen LogP contribution in [-0.2, 0) is 0 Å². The van der Waals surface area contributed by atoms with E-state index < -0.39 is 0 Å². The van der Waals surface area contributed by atoms with Gasteiger partial charge in [0.2, 0.25) is 0 Å². The lowest BCUT2D eigenvalue weighted by Crippen LogP contribution is -2.29. The Morgan fingerprint density at radius 3 is 3.16 bits per heavy atom. The zero-order valence-electron chi connectivity index (χ0n) is 10.7. The summed E-state index contributed by atoms with van der Waals surface area (Å²) in [6, 6.07) is 2.86. The lowest BCUT2D eigenvalue weighted by Gasteiger charge is -2.28. The molecule has 0 radical (unpaired) electrons. The number of nitrogens with two attached hydrogens (primary N) is 1. The largest absolute Gasteiger partial charge is 0.346 e. The summed E-state index contributed by atoms with van der Waals surface area (Å²) in [5.41, 5.74) is 9.19. The smallest absolute Gasteiger partial charge is 0.139 e. The Kier molecular flexibility index (Phi) is 2.35. The Balaban J connectivity index is 1.91. The molecule has 3 heterocycles. The normalized spacial score (nSPS) is 24.3. The van der Waals surface area contributed by atoms with E-state index in [0.717, 1.165) is 29.4 Å². The predicted molar refractivity (Wildman–Crippen MR) is 74.9 cm³/mol. The maximum Gasteiger partial charge on any atom is 0.139 e. The van der Waals surface area contributed by atoms with Gasteiger partial charge in [0.15, 0.2) is 0 Å². The van der Waals surface area contributed by atoms with Crippen molar-refractivity contribution in [1.82, 2.24) is 19.5 Å². The van der Waals surface area contributed by atoms with E-state index in [1.807, 2.05) is 18.7 Å². The fourth-order valence-electron chi connectivity index (χ4n) is 3.26. The van der Waals surface area contributed by atoms with Crippen LogP contribution < -0.4 is 5.73 Å². The molecule has 5 heteroatoms. The molecule has 0 aromatic carbocycles. The average molecular weight is 255 g/mol. The third-order valence-corrected chi connectivity index (χ3v) is 4.20. The van der Waals surface area contributed by atoms with Crippen LogP contribution in [-0.4, -0.2) is 25.6 Å². The molecule has 5 nitrogen and oxygen atoms in total. The Bertz CT molecular complexity index is 726. The first-order chi connectivity index (χ1) is 9.33. The third-order valence-electron chi connectivity index (χ3n) is 4.20. The zero-order chi connectivity index (χ0) is 12.8. The highest BCUT2D eigenvalue weighted by molar-refractivity contribution is 6.00. The number of nitrogens with zero attached hydrogens (tertiary/aromatic N) is 3. The monoisotopic (exact) mass is 255 g/mol. The summed E-state index contributed by atoms with van der Waals surface area (Å²) in [6.07, 6.45) is 10.3. The summed E-state index contributed by atoms with van der Waals surface area (Å²) in [5.74, 6) is 0. The van der Waals surface area contributed by atoms with Crippen molar-refractivity contribution in [3.8, 4) is 0 Å². The van der Waals surface area contributed by atoms with Crippen LogP contribution in [0.5, 0.6) is 0 Å². The van der Waals surface area contributed by atoms with E-state index in [1.54, 1.807) is 0 Å². The van der Waals surface area contributed by atoms with Crippen LogP contribution in [0.4, 0.5) is 0 Å². The van der Waals surface area contributed by atoms with E-state index in [1.165, 1.54) is 18.4 Å². The summed E-state index contributed by atoms with van der Waals surface area (Å²) in [7, 11) is 0. The highest BCUT2D eigenvalue weighted by atomic mass is 15.1. The summed E-state index contributed by atoms with van der Waals surface area (Å²) in [6.45, 7) is 0. The minimum atomic E-state index is 0.319. The minimum Gasteiger partial charge on any atom is -0.346 e. The van der Waals surface area contributed by atoms with Crippen LogP contribution in [0.15, 0.2) is 24.8 Å². The molecule has 1 aliphatic rings. The van der Waals surface area contributed by atoms with Gasteiger partial charge in [-0.05, 0) is 31.7 Å². The van der Waals surface area contributed by atoms with Crippen LogP contribution in [0, 0.1) is 0 Å². The SMILES string of the molecule is N[C@H]1CCC[C@H](n2cnc3cnc4[nH]ccc4c32)C1. The van der Waals surface area contributed by atoms with Gasteiger partial charge in [-0.2, -0.15) is 0 Å². The molecule has 98 valence electrons. The van der Waals surface area contributed by atoms with Gasteiger partial charge in [-0.15, -0.1) is 0 Å². The van der Waals surface area contributed by atoms with E-state index in [0.29, 0.717) is 12.1 Å². The highest BCUT2D eigenvalue weighted by Gasteiger charge is 2.22. The summed E-state index contributed by atoms with van der Waals surface area (Å²) >= 11 is 0. The highest BCUT2D eigenvalue weighted by Crippen LogP contribution is 2.32. The minimum absolute atomic E-state index is 0.319. The molecular formula is C14H17N5. The molecular weight excluding hydrogens is 238 g/mol. The van der Waals surface area contributed by atoms with Crippen LogP contribution in [0.1, 0.15) is 31.7 Å². The topological polar surface area (TPSA) is 72.5 Å². The molecule has 3 aromatic rings. The van der Waals surface area contributed by atoms with Gasteiger partial charge in [0.25, 0.3) is 0 Å². The van der Waals surface area contributed by atoms with Gasteiger partial charge in [0, 0.05) is 23.7 Å². The van der Waals surface area contributed by atoms with Gasteiger partial charge in [-0.1, -0.05) is 0 Å². The number of H-pyrrole nitrogens is 1. The summed E-state index contributed by atoms with van der Waals surface area (Å²) in [4.78, 5) is 12.0. The molecule has 0 bridgehead atoms. The van der Waals surface area contributed by atoms with Crippen molar-refractivity contribution >= 4 is 22.1 Å². The molecule has 0 aliphatic heterocycles. The second kappa shape index (κ2) is 4.06. The lowest BCUT2D eigenvalue weighted by atomic mass is 9.91. The van der Waals surface area contributed by atoms with E-state index in [9.17, 15) is 0 Å². The van der Waals surface area contributed by atoms with Gasteiger partial charge < -0.3 is 15.3 Å². The number of aromatic amines is 1. The van der Waals surface area contributed by atoms with Gasteiger partial charge in [0.1, 0.15) is 11.2 Å². The molecule has 19 heavy (non-hydrogen) atoms. The van der Waals surface area contributed by atoms with E-state index in [4.69, 9.17) is 5.73 Å². The van der Waals surface area contributed by atoms with Crippen LogP contribution in [0.25, 0.3) is 22.1 Å². The maximum absolute atomic E-state index is 6.12. The predicted octanol–water partition coefficient (Wildman–Crippen LogP) is 2.36. The number of fused-ring (bicyclic) bond motifs is 3. The summed E-state index contributed by atoms with van der Waals surface area (Å²) < 4.78 is 2.30. The molecule has 4 rings (SSSR count). The van der Waals surface area contributed by atoms with Gasteiger partial charge in [0.05, 0.1) is 18.0 Å². The molecule has 3 N–H and O–H groups in total. The first kappa shape index (κ1) is 11.0. The molecule has 1 saturated carbocycles. The lowest BCUT2D eigenvalue weighted by molar-refractivity contribution is 0.325. The van der Waals surface area contributed by atoms with E-state index in [2.05, 4.69) is 25.6 Å². The molecule has 0 unspecified atom stereocenters. The van der Waals surface area contributed by atoms with Crippen molar-refractivity contribution in [1.29, 1.82) is 0 Å². The Morgan fingerprint density at radius 2 is 2.26 bits per heavy atom. The van der Waals surface area contributed by atoms with Crippen LogP contribution >= 0.6 is 0 Å². The van der Waals surface area contributed by atoms with Crippen molar-refractivity contribution in [3.63, 3.8) is 0 Å². The summed E-state index contributed by atoms with van der Waals surface area (Å²) in [5, 5.41) is 1.15. The van der Waals surface area contributed by atoms with Crippen molar-refractivity contribution in [2.45, 2.75) is 37.8 Å². The van der Waals surface area contributed by atoms with Crippen LogP contribution in [0.3, 0.4) is 0 Å². The number of rotatable bonds is 1. The molecule has 1 aliphatic carbocycles. The van der Waals surface area contributed by atoms with Crippen molar-refractivity contribution in [2.24, 2.45) is 5.73 Å². The number of nitrogens with one attached hydrogen (secondary N) is 1. The quantitative estimate of drug-likeness (QED) is 0.701. The fourth-order valence-corrected chi connectivity index (χ4v) is 3.26. The van der Waals surface area contributed by atoms with Gasteiger partial charge in [-0.25, -0.2) is 9.97 Å². The first-order valence-electron chi connectivity index (χ1n) is 6.87. The molecule has 1 fully saturated rings. The average Bonchev–Trinajstić information content (AvgIpc) is 3.04. The number of aromatic nitrogens is 4. The number of pyridine rings is 1. The number of hydrogen-bond acceptors (Lipinski definition) is 3. The van der Waals surface area contributed by atoms with Crippen LogP contribution in [0.2, 0.25) is 0 Å². The Hall–Kier alpha value is -1.88.